The molecule has 27 heavy (non-hydrogen) atoms. The van der Waals surface area contributed by atoms with E-state index in [0.717, 1.165) is 36.1 Å². The fourth-order valence-corrected chi connectivity index (χ4v) is 4.83. The Morgan fingerprint density at radius 3 is 2.89 bits per heavy atom. The first-order valence-electron chi connectivity index (χ1n) is 9.31. The van der Waals surface area contributed by atoms with Gasteiger partial charge in [-0.05, 0) is 36.3 Å². The number of carbonyl (C=O) groups excluding carboxylic acids is 2. The molecule has 1 aromatic carbocycles. The lowest BCUT2D eigenvalue weighted by molar-refractivity contribution is -0.134. The van der Waals surface area contributed by atoms with E-state index in [4.69, 9.17) is 4.74 Å². The van der Waals surface area contributed by atoms with Gasteiger partial charge in [0.2, 0.25) is 0 Å². The van der Waals surface area contributed by atoms with Crippen molar-refractivity contribution in [3.63, 3.8) is 0 Å². The van der Waals surface area contributed by atoms with E-state index in [1.807, 2.05) is 35.7 Å². The molecule has 1 atom stereocenters. The first kappa shape index (κ1) is 17.9. The number of carbonyl (C=O) groups is 2. The number of hydrazone groups is 1. The van der Waals surface area contributed by atoms with E-state index in [1.54, 1.807) is 11.3 Å². The van der Waals surface area contributed by atoms with E-state index in [2.05, 4.69) is 12.0 Å². The zero-order valence-corrected chi connectivity index (χ0v) is 16.1. The third-order valence-corrected chi connectivity index (χ3v) is 6.20. The molecule has 0 N–H and O–H groups in total. The van der Waals surface area contributed by atoms with Crippen molar-refractivity contribution in [3.05, 3.63) is 57.3 Å². The van der Waals surface area contributed by atoms with Crippen LogP contribution in [0.25, 0.3) is 0 Å². The van der Waals surface area contributed by atoms with Crippen molar-refractivity contribution in [3.8, 4) is 0 Å². The standard InChI is InChI=1S/C21H22N2O3S/c1-14-7-8-16-17(13-27-19(16)11-14)21(25)26-12-20(24)23-10-9-18(22-23)15-5-3-2-4-6-15/h2-6,13-14H,7-12H2,1H3/t14-/m0/s1. The largest absolute Gasteiger partial charge is 0.452 e. The van der Waals surface area contributed by atoms with Gasteiger partial charge in [0.05, 0.1) is 17.8 Å². The average molecular weight is 382 g/mol. The molecule has 2 heterocycles. The fourth-order valence-electron chi connectivity index (χ4n) is 3.60. The van der Waals surface area contributed by atoms with Crippen molar-refractivity contribution < 1.29 is 14.3 Å². The minimum absolute atomic E-state index is 0.272. The molecule has 140 valence electrons. The molecule has 0 fully saturated rings. The van der Waals surface area contributed by atoms with Crippen LogP contribution in [0.15, 0.2) is 40.8 Å². The Morgan fingerprint density at radius 1 is 1.26 bits per heavy atom. The molecule has 1 aliphatic heterocycles. The van der Waals surface area contributed by atoms with Crippen LogP contribution in [0, 0.1) is 5.92 Å². The number of hydrogen-bond acceptors (Lipinski definition) is 5. The number of esters is 1. The molecule has 1 amide bonds. The highest BCUT2D eigenvalue weighted by Crippen LogP contribution is 2.33. The van der Waals surface area contributed by atoms with Gasteiger partial charge in [0, 0.05) is 16.7 Å². The van der Waals surface area contributed by atoms with Crippen LogP contribution in [0.4, 0.5) is 0 Å². The summed E-state index contributed by atoms with van der Waals surface area (Å²) in [6.45, 7) is 2.48. The Bertz CT molecular complexity index is 888. The average Bonchev–Trinajstić information content (AvgIpc) is 3.33. The quantitative estimate of drug-likeness (QED) is 0.758. The summed E-state index contributed by atoms with van der Waals surface area (Å²) in [5, 5.41) is 7.66. The first-order chi connectivity index (χ1) is 13.1. The summed E-state index contributed by atoms with van der Waals surface area (Å²) >= 11 is 1.62. The fraction of sp³-hybridized carbons (Fsp3) is 0.381. The van der Waals surface area contributed by atoms with Crippen LogP contribution in [0.5, 0.6) is 0 Å². The monoisotopic (exact) mass is 382 g/mol. The topological polar surface area (TPSA) is 59.0 Å². The summed E-state index contributed by atoms with van der Waals surface area (Å²) < 4.78 is 5.30. The molecule has 0 bridgehead atoms. The molecule has 0 saturated heterocycles. The summed E-state index contributed by atoms with van der Waals surface area (Å²) in [7, 11) is 0. The molecular formula is C21H22N2O3S. The van der Waals surface area contributed by atoms with E-state index < -0.39 is 5.97 Å². The number of nitrogens with zero attached hydrogens (tertiary/aromatic N) is 2. The number of benzene rings is 1. The van der Waals surface area contributed by atoms with Crippen molar-refractivity contribution in [2.24, 2.45) is 11.0 Å². The summed E-state index contributed by atoms with van der Waals surface area (Å²) in [6, 6.07) is 9.81. The predicted octanol–water partition coefficient (Wildman–Crippen LogP) is 3.67. The molecule has 0 unspecified atom stereocenters. The Labute approximate surface area is 162 Å². The van der Waals surface area contributed by atoms with E-state index in [9.17, 15) is 9.59 Å². The van der Waals surface area contributed by atoms with Gasteiger partial charge in [-0.3, -0.25) is 4.79 Å². The third-order valence-electron chi connectivity index (χ3n) is 5.15. The summed E-state index contributed by atoms with van der Waals surface area (Å²) in [4.78, 5) is 26.1. The number of rotatable bonds is 4. The zero-order chi connectivity index (χ0) is 18.8. The Hall–Kier alpha value is -2.47. The van der Waals surface area contributed by atoms with Crippen LogP contribution in [0.3, 0.4) is 0 Å². The second-order valence-electron chi connectivity index (χ2n) is 7.15. The van der Waals surface area contributed by atoms with Crippen LogP contribution in [-0.4, -0.2) is 35.7 Å². The van der Waals surface area contributed by atoms with Gasteiger partial charge in [0.15, 0.2) is 6.61 Å². The molecule has 2 aromatic rings. The normalized spacial score (nSPS) is 18.8. The number of ether oxygens (including phenoxy) is 1. The van der Waals surface area contributed by atoms with E-state index in [-0.39, 0.29) is 12.5 Å². The van der Waals surface area contributed by atoms with Crippen molar-refractivity contribution in [2.45, 2.75) is 32.6 Å². The van der Waals surface area contributed by atoms with Crippen molar-refractivity contribution in [1.82, 2.24) is 5.01 Å². The highest BCUT2D eigenvalue weighted by Gasteiger charge is 2.26. The third kappa shape index (κ3) is 3.81. The van der Waals surface area contributed by atoms with Gasteiger partial charge in [-0.15, -0.1) is 11.3 Å². The van der Waals surface area contributed by atoms with E-state index in [1.165, 1.54) is 9.89 Å². The Balaban J connectivity index is 1.36. The smallest absolute Gasteiger partial charge is 0.339 e. The maximum Gasteiger partial charge on any atom is 0.339 e. The molecule has 4 rings (SSSR count). The van der Waals surface area contributed by atoms with Crippen LogP contribution >= 0.6 is 11.3 Å². The number of hydrogen-bond donors (Lipinski definition) is 0. The van der Waals surface area contributed by atoms with Crippen LogP contribution in [-0.2, 0) is 22.4 Å². The van der Waals surface area contributed by atoms with Crippen LogP contribution in [0.1, 0.15) is 46.1 Å². The maximum atomic E-state index is 12.4. The number of thiophene rings is 1. The first-order valence-corrected chi connectivity index (χ1v) is 10.2. The van der Waals surface area contributed by atoms with Crippen LogP contribution in [0.2, 0.25) is 0 Å². The van der Waals surface area contributed by atoms with E-state index >= 15 is 0 Å². The molecule has 0 saturated carbocycles. The molecule has 1 aliphatic carbocycles. The summed E-state index contributed by atoms with van der Waals surface area (Å²) in [5.74, 6) is -0.0256. The SMILES string of the molecule is C[C@H]1CCc2c(C(=O)OCC(=O)N3CCC(c4ccccc4)=N3)csc2C1. The lowest BCUT2D eigenvalue weighted by atomic mass is 9.88. The van der Waals surface area contributed by atoms with Gasteiger partial charge in [-0.1, -0.05) is 37.3 Å². The maximum absolute atomic E-state index is 12.4. The van der Waals surface area contributed by atoms with Gasteiger partial charge in [-0.25, -0.2) is 9.80 Å². The lowest BCUT2D eigenvalue weighted by Gasteiger charge is -2.18. The minimum Gasteiger partial charge on any atom is -0.452 e. The van der Waals surface area contributed by atoms with Gasteiger partial charge < -0.3 is 4.74 Å². The second-order valence-corrected chi connectivity index (χ2v) is 8.12. The van der Waals surface area contributed by atoms with Crippen molar-refractivity contribution in [1.29, 1.82) is 0 Å². The summed E-state index contributed by atoms with van der Waals surface area (Å²) in [6.07, 6.45) is 3.74. The molecule has 0 spiro atoms. The second kappa shape index (κ2) is 7.64. The predicted molar refractivity (Wildman–Crippen MR) is 105 cm³/mol. The van der Waals surface area contributed by atoms with Crippen molar-refractivity contribution >= 4 is 28.9 Å². The van der Waals surface area contributed by atoms with Gasteiger partial charge in [-0.2, -0.15) is 5.10 Å². The zero-order valence-electron chi connectivity index (χ0n) is 15.3. The number of fused-ring (bicyclic) bond motifs is 1. The Morgan fingerprint density at radius 2 is 2.07 bits per heavy atom. The highest BCUT2D eigenvalue weighted by atomic mass is 32.1. The van der Waals surface area contributed by atoms with E-state index in [0.29, 0.717) is 24.4 Å². The summed E-state index contributed by atoms with van der Waals surface area (Å²) in [5.41, 5.74) is 3.64. The van der Waals surface area contributed by atoms with Gasteiger partial charge in [0.25, 0.3) is 5.91 Å². The molecule has 1 aromatic heterocycles. The minimum atomic E-state index is -0.401. The lowest BCUT2D eigenvalue weighted by Crippen LogP contribution is -2.29. The van der Waals surface area contributed by atoms with Gasteiger partial charge in [0.1, 0.15) is 0 Å². The molecule has 5 nitrogen and oxygen atoms in total. The van der Waals surface area contributed by atoms with Crippen molar-refractivity contribution in [2.75, 3.05) is 13.2 Å². The number of amides is 1. The van der Waals surface area contributed by atoms with Gasteiger partial charge >= 0.3 is 5.97 Å². The van der Waals surface area contributed by atoms with Crippen LogP contribution < -0.4 is 0 Å². The highest BCUT2D eigenvalue weighted by molar-refractivity contribution is 7.10. The molecule has 2 aliphatic rings. The molecular weight excluding hydrogens is 360 g/mol. The molecule has 0 radical (unpaired) electrons. The molecule has 6 heteroatoms. The Kier molecular flexibility index (Phi) is 5.07.